The highest BCUT2D eigenvalue weighted by Crippen LogP contribution is 2.27. The number of ether oxygens (including phenoxy) is 2. The predicted molar refractivity (Wildman–Crippen MR) is 92.1 cm³/mol. The van der Waals surface area contributed by atoms with Crippen molar-refractivity contribution in [2.75, 3.05) is 13.2 Å². The molecule has 0 aliphatic rings. The van der Waals surface area contributed by atoms with Gasteiger partial charge < -0.3 is 19.7 Å². The molecule has 0 radical (unpaired) electrons. The van der Waals surface area contributed by atoms with Gasteiger partial charge in [-0.05, 0) is 36.8 Å². The van der Waals surface area contributed by atoms with E-state index in [0.29, 0.717) is 5.56 Å². The quantitative estimate of drug-likeness (QED) is 0.185. The lowest BCUT2D eigenvalue weighted by molar-refractivity contribution is -0.151. The van der Waals surface area contributed by atoms with Crippen LogP contribution in [0.2, 0.25) is 0 Å². The fourth-order valence-corrected chi connectivity index (χ4v) is 2.28. The zero-order valence-electron chi connectivity index (χ0n) is 14.2. The lowest BCUT2D eigenvalue weighted by Crippen LogP contribution is -2.55. The Morgan fingerprint density at radius 1 is 1.19 bits per heavy atom. The largest absolute Gasteiger partial charge is 0.504 e. The molecule has 2 rings (SSSR count). The van der Waals surface area contributed by atoms with Crippen molar-refractivity contribution in [3.05, 3.63) is 53.8 Å². The molecule has 1 atom stereocenters. The first kappa shape index (κ1) is 19.5. The first-order valence-electron chi connectivity index (χ1n) is 7.89. The van der Waals surface area contributed by atoms with Crippen LogP contribution in [0.25, 0.3) is 0 Å². The van der Waals surface area contributed by atoms with Gasteiger partial charge in [0.1, 0.15) is 18.8 Å². The average Bonchev–Trinajstić information content (AvgIpc) is 2.63. The van der Waals surface area contributed by atoms with Crippen molar-refractivity contribution < 1.29 is 28.9 Å². The third-order valence-electron chi connectivity index (χ3n) is 3.78. The number of aromatic hydroxyl groups is 2. The van der Waals surface area contributed by atoms with Gasteiger partial charge in [0.25, 0.3) is 0 Å². The number of hydrogen-bond donors (Lipinski definition) is 4. The Morgan fingerprint density at radius 2 is 1.92 bits per heavy atom. The van der Waals surface area contributed by atoms with Crippen LogP contribution in [-0.2, 0) is 16.0 Å². The molecule has 0 aliphatic carbocycles. The van der Waals surface area contributed by atoms with Gasteiger partial charge in [-0.15, -0.1) is 0 Å². The smallest absolute Gasteiger partial charge is 0.327 e. The molecule has 140 valence electrons. The van der Waals surface area contributed by atoms with Crippen LogP contribution in [0.4, 0.5) is 4.39 Å². The van der Waals surface area contributed by atoms with Gasteiger partial charge >= 0.3 is 5.97 Å². The number of carbonyl (C=O) groups is 1. The van der Waals surface area contributed by atoms with Gasteiger partial charge in [-0.25, -0.2) is 14.6 Å². The van der Waals surface area contributed by atoms with Crippen molar-refractivity contribution >= 4 is 5.97 Å². The number of rotatable bonds is 8. The molecule has 2 aromatic rings. The Balaban J connectivity index is 1.90. The number of phenolic OH excluding ortho intramolecular Hbond substituents is 2. The third-order valence-corrected chi connectivity index (χ3v) is 3.78. The van der Waals surface area contributed by atoms with Crippen LogP contribution in [0.3, 0.4) is 0 Å². The molecule has 0 spiro atoms. The lowest BCUT2D eigenvalue weighted by Gasteiger charge is -2.26. The second-order valence-corrected chi connectivity index (χ2v) is 5.89. The molecule has 0 saturated heterocycles. The molecule has 8 heteroatoms. The van der Waals surface area contributed by atoms with E-state index in [9.17, 15) is 19.4 Å². The summed E-state index contributed by atoms with van der Waals surface area (Å²) in [5.41, 5.74) is 1.72. The summed E-state index contributed by atoms with van der Waals surface area (Å²) in [5.74, 6) is 3.87. The lowest BCUT2D eigenvalue weighted by atomic mass is 9.93. The standard InChI is InChI=1S/C18H21FN2O5/c1-18(21-20,11-12-6-7-14(22)15(23)10-12)17(24)26-9-8-25-16-5-3-2-4-13(16)19/h2-7,10,21-23H,8-9,11,20H2,1H3/t18-/m0/s1. The van der Waals surface area contributed by atoms with Crippen LogP contribution < -0.4 is 16.0 Å². The number of carbonyl (C=O) groups excluding carboxylic acids is 1. The van der Waals surface area contributed by atoms with Gasteiger partial charge in [-0.1, -0.05) is 18.2 Å². The maximum absolute atomic E-state index is 13.4. The highest BCUT2D eigenvalue weighted by molar-refractivity contribution is 5.80. The number of benzene rings is 2. The van der Waals surface area contributed by atoms with E-state index in [1.54, 1.807) is 18.2 Å². The van der Waals surface area contributed by atoms with Crippen molar-refractivity contribution in [1.82, 2.24) is 5.43 Å². The van der Waals surface area contributed by atoms with Crippen molar-refractivity contribution in [3.8, 4) is 17.2 Å². The Bertz CT molecular complexity index is 771. The monoisotopic (exact) mass is 364 g/mol. The SMILES string of the molecule is C[C@@](Cc1ccc(O)c(O)c1)(NN)C(=O)OCCOc1ccccc1F. The van der Waals surface area contributed by atoms with Gasteiger partial charge in [0, 0.05) is 6.42 Å². The number of halogens is 1. The maximum Gasteiger partial charge on any atom is 0.327 e. The average molecular weight is 364 g/mol. The summed E-state index contributed by atoms with van der Waals surface area (Å²) in [4.78, 5) is 12.3. The van der Waals surface area contributed by atoms with Crippen LogP contribution in [0.5, 0.6) is 17.2 Å². The van der Waals surface area contributed by atoms with Crippen LogP contribution in [0, 0.1) is 5.82 Å². The molecule has 0 heterocycles. The summed E-state index contributed by atoms with van der Waals surface area (Å²) >= 11 is 0. The van der Waals surface area contributed by atoms with Crippen LogP contribution in [-0.4, -0.2) is 34.9 Å². The Labute approximate surface area is 150 Å². The molecule has 0 fully saturated rings. The van der Waals surface area contributed by atoms with Crippen LogP contribution in [0.1, 0.15) is 12.5 Å². The number of para-hydroxylation sites is 1. The molecule has 26 heavy (non-hydrogen) atoms. The molecular weight excluding hydrogens is 343 g/mol. The Hall–Kier alpha value is -2.84. The fourth-order valence-electron chi connectivity index (χ4n) is 2.28. The van der Waals surface area contributed by atoms with Gasteiger partial charge in [0.2, 0.25) is 0 Å². The van der Waals surface area contributed by atoms with Gasteiger partial charge in [0.05, 0.1) is 0 Å². The van der Waals surface area contributed by atoms with Gasteiger partial charge in [0.15, 0.2) is 23.1 Å². The third kappa shape index (κ3) is 4.84. The number of nitrogens with two attached hydrogens (primary N) is 1. The molecule has 0 aromatic heterocycles. The van der Waals surface area contributed by atoms with E-state index >= 15 is 0 Å². The molecule has 0 bridgehead atoms. The number of hydrogen-bond acceptors (Lipinski definition) is 7. The normalized spacial score (nSPS) is 13.0. The first-order chi connectivity index (χ1) is 12.4. The summed E-state index contributed by atoms with van der Waals surface area (Å²) in [7, 11) is 0. The van der Waals surface area contributed by atoms with E-state index in [-0.39, 0.29) is 36.9 Å². The molecule has 5 N–H and O–H groups in total. The van der Waals surface area contributed by atoms with E-state index in [4.69, 9.17) is 15.3 Å². The number of hydrazine groups is 1. The number of nitrogens with one attached hydrogen (secondary N) is 1. The highest BCUT2D eigenvalue weighted by atomic mass is 19.1. The Morgan fingerprint density at radius 3 is 2.58 bits per heavy atom. The van der Waals surface area contributed by atoms with Crippen molar-refractivity contribution in [2.24, 2.45) is 5.84 Å². The van der Waals surface area contributed by atoms with E-state index in [1.165, 1.54) is 31.2 Å². The highest BCUT2D eigenvalue weighted by Gasteiger charge is 2.34. The molecule has 2 aromatic carbocycles. The van der Waals surface area contributed by atoms with Crippen molar-refractivity contribution in [3.63, 3.8) is 0 Å². The minimum absolute atomic E-state index is 0.0205. The van der Waals surface area contributed by atoms with E-state index in [0.717, 1.165) is 0 Å². The zero-order valence-corrected chi connectivity index (χ0v) is 14.2. The molecule has 0 aliphatic heterocycles. The fraction of sp³-hybridized carbons (Fsp3) is 0.278. The second-order valence-electron chi connectivity index (χ2n) is 5.89. The van der Waals surface area contributed by atoms with Crippen LogP contribution >= 0.6 is 0 Å². The van der Waals surface area contributed by atoms with E-state index < -0.39 is 17.3 Å². The van der Waals surface area contributed by atoms with Crippen LogP contribution in [0.15, 0.2) is 42.5 Å². The van der Waals surface area contributed by atoms with Crippen molar-refractivity contribution in [2.45, 2.75) is 18.9 Å². The Kier molecular flexibility index (Phi) is 6.37. The molecular formula is C18H21FN2O5. The summed E-state index contributed by atoms with van der Waals surface area (Å²) in [5, 5.41) is 18.9. The van der Waals surface area contributed by atoms with E-state index in [2.05, 4.69) is 5.43 Å². The zero-order chi connectivity index (χ0) is 19.2. The molecule has 0 saturated carbocycles. The second kappa shape index (κ2) is 8.50. The van der Waals surface area contributed by atoms with Gasteiger partial charge in [-0.3, -0.25) is 5.84 Å². The molecule has 0 amide bonds. The molecule has 0 unspecified atom stereocenters. The summed E-state index contributed by atoms with van der Waals surface area (Å²) < 4.78 is 23.8. The summed E-state index contributed by atoms with van der Waals surface area (Å²) in [6.45, 7) is 1.43. The minimum Gasteiger partial charge on any atom is -0.504 e. The summed E-state index contributed by atoms with van der Waals surface area (Å²) in [6, 6.07) is 10.1. The maximum atomic E-state index is 13.4. The first-order valence-corrected chi connectivity index (χ1v) is 7.89. The predicted octanol–water partition coefficient (Wildman–Crippen LogP) is 1.62. The topological polar surface area (TPSA) is 114 Å². The minimum atomic E-state index is -1.26. The number of phenols is 2. The molecule has 7 nitrogen and oxygen atoms in total. The van der Waals surface area contributed by atoms with E-state index in [1.807, 2.05) is 0 Å². The number of esters is 1. The summed E-state index contributed by atoms with van der Waals surface area (Å²) in [6.07, 6.45) is 0.115. The van der Waals surface area contributed by atoms with Gasteiger partial charge in [-0.2, -0.15) is 0 Å². The van der Waals surface area contributed by atoms with Crippen molar-refractivity contribution in [1.29, 1.82) is 0 Å².